The number of carbonyl (C=O) groups is 1. The summed E-state index contributed by atoms with van der Waals surface area (Å²) in [7, 11) is -2.66. The van der Waals surface area contributed by atoms with Crippen molar-refractivity contribution in [2.24, 2.45) is 0 Å². The SMILES string of the molecule is COC(=O)[C@@H](c1ccccc1)S(=O)(=O)c1ccccc1. The molecule has 0 spiro atoms. The highest BCUT2D eigenvalue weighted by atomic mass is 32.2. The lowest BCUT2D eigenvalue weighted by Gasteiger charge is -2.15. The largest absolute Gasteiger partial charge is 0.468 e. The Morgan fingerprint density at radius 1 is 0.950 bits per heavy atom. The predicted octanol–water partition coefficient (Wildman–Crippen LogP) is 2.37. The van der Waals surface area contributed by atoms with Crippen LogP contribution in [0, 0.1) is 0 Å². The van der Waals surface area contributed by atoms with Gasteiger partial charge in [-0.25, -0.2) is 8.42 Å². The normalized spacial score (nSPS) is 12.7. The van der Waals surface area contributed by atoms with Crippen LogP contribution in [0.3, 0.4) is 0 Å². The van der Waals surface area contributed by atoms with E-state index in [-0.39, 0.29) is 4.90 Å². The first-order valence-corrected chi connectivity index (χ1v) is 7.53. The Bertz CT molecular complexity index is 678. The fourth-order valence-electron chi connectivity index (χ4n) is 1.92. The standard InChI is InChI=1S/C15H14O4S/c1-19-15(16)14(12-8-4-2-5-9-12)20(17,18)13-10-6-3-7-11-13/h2-11,14H,1H3/t14-/m1/s1. The highest BCUT2D eigenvalue weighted by Gasteiger charge is 2.36. The summed E-state index contributed by atoms with van der Waals surface area (Å²) in [5, 5.41) is -1.35. The van der Waals surface area contributed by atoms with Crippen molar-refractivity contribution in [3.8, 4) is 0 Å². The molecule has 5 heteroatoms. The summed E-state index contributed by atoms with van der Waals surface area (Å²) in [5.41, 5.74) is 0.392. The van der Waals surface area contributed by atoms with Crippen molar-refractivity contribution in [1.82, 2.24) is 0 Å². The number of benzene rings is 2. The van der Waals surface area contributed by atoms with E-state index in [4.69, 9.17) is 0 Å². The molecular weight excluding hydrogens is 276 g/mol. The van der Waals surface area contributed by atoms with Gasteiger partial charge >= 0.3 is 5.97 Å². The number of ether oxygens (including phenoxy) is 1. The van der Waals surface area contributed by atoms with E-state index in [0.717, 1.165) is 0 Å². The Morgan fingerprint density at radius 3 is 1.95 bits per heavy atom. The van der Waals surface area contributed by atoms with E-state index in [1.165, 1.54) is 19.2 Å². The number of hydrogen-bond acceptors (Lipinski definition) is 4. The molecule has 0 N–H and O–H groups in total. The number of esters is 1. The van der Waals surface area contributed by atoms with Gasteiger partial charge in [0.15, 0.2) is 15.1 Å². The molecule has 104 valence electrons. The van der Waals surface area contributed by atoms with Gasteiger partial charge in [0, 0.05) is 0 Å². The van der Waals surface area contributed by atoms with Crippen LogP contribution in [-0.4, -0.2) is 21.5 Å². The van der Waals surface area contributed by atoms with Crippen LogP contribution < -0.4 is 0 Å². The maximum atomic E-state index is 12.6. The van der Waals surface area contributed by atoms with Crippen LogP contribution in [0.5, 0.6) is 0 Å². The van der Waals surface area contributed by atoms with Gasteiger partial charge in [0.25, 0.3) is 0 Å². The molecule has 0 radical (unpaired) electrons. The number of sulfone groups is 1. The van der Waals surface area contributed by atoms with Gasteiger partial charge in [-0.1, -0.05) is 48.5 Å². The van der Waals surface area contributed by atoms with Gasteiger partial charge < -0.3 is 4.74 Å². The molecule has 4 nitrogen and oxygen atoms in total. The third-order valence-corrected chi connectivity index (χ3v) is 4.91. The highest BCUT2D eigenvalue weighted by Crippen LogP contribution is 2.29. The Balaban J connectivity index is 2.56. The second-order valence-electron chi connectivity index (χ2n) is 4.17. The van der Waals surface area contributed by atoms with Gasteiger partial charge in [-0.15, -0.1) is 0 Å². The van der Waals surface area contributed by atoms with E-state index in [2.05, 4.69) is 4.74 Å². The van der Waals surface area contributed by atoms with Crippen molar-refractivity contribution >= 4 is 15.8 Å². The zero-order valence-corrected chi connectivity index (χ0v) is 11.7. The molecule has 0 amide bonds. The molecular formula is C15H14O4S. The van der Waals surface area contributed by atoms with Crippen LogP contribution in [0.2, 0.25) is 0 Å². The van der Waals surface area contributed by atoms with Gasteiger partial charge in [-0.2, -0.15) is 0 Å². The summed E-state index contributed by atoms with van der Waals surface area (Å²) in [4.78, 5) is 12.0. The highest BCUT2D eigenvalue weighted by molar-refractivity contribution is 7.92. The number of carbonyl (C=O) groups excluding carboxylic acids is 1. The molecule has 2 aromatic rings. The maximum Gasteiger partial charge on any atom is 0.329 e. The summed E-state index contributed by atoms with van der Waals surface area (Å²) >= 11 is 0. The summed E-state index contributed by atoms with van der Waals surface area (Å²) in [6.45, 7) is 0. The van der Waals surface area contributed by atoms with Crippen molar-refractivity contribution in [1.29, 1.82) is 0 Å². The van der Waals surface area contributed by atoms with Crippen LogP contribution in [0.4, 0.5) is 0 Å². The molecule has 0 aromatic heterocycles. The zero-order chi connectivity index (χ0) is 14.6. The van der Waals surface area contributed by atoms with Gasteiger partial charge in [0.1, 0.15) is 0 Å². The van der Waals surface area contributed by atoms with Crippen molar-refractivity contribution in [2.45, 2.75) is 10.1 Å². The van der Waals surface area contributed by atoms with Crippen molar-refractivity contribution in [3.05, 3.63) is 66.2 Å². The molecule has 0 aliphatic rings. The summed E-state index contributed by atoms with van der Waals surface area (Å²) in [6, 6.07) is 16.2. The average molecular weight is 290 g/mol. The topological polar surface area (TPSA) is 60.4 Å². The monoisotopic (exact) mass is 290 g/mol. The fraction of sp³-hybridized carbons (Fsp3) is 0.133. The van der Waals surface area contributed by atoms with Crippen LogP contribution in [0.15, 0.2) is 65.6 Å². The Kier molecular flexibility index (Phi) is 4.20. The first-order chi connectivity index (χ1) is 9.57. The lowest BCUT2D eigenvalue weighted by molar-refractivity contribution is -0.140. The lowest BCUT2D eigenvalue weighted by atomic mass is 10.1. The third kappa shape index (κ3) is 2.72. The van der Waals surface area contributed by atoms with E-state index in [1.807, 2.05) is 0 Å². The second-order valence-corrected chi connectivity index (χ2v) is 6.20. The molecule has 1 atom stereocenters. The van der Waals surface area contributed by atoms with Gasteiger partial charge in [-0.05, 0) is 17.7 Å². The first-order valence-electron chi connectivity index (χ1n) is 5.99. The number of rotatable bonds is 4. The third-order valence-electron chi connectivity index (χ3n) is 2.90. The fourth-order valence-corrected chi connectivity index (χ4v) is 3.60. The summed E-state index contributed by atoms with van der Waals surface area (Å²) in [6.07, 6.45) is 0. The molecule has 20 heavy (non-hydrogen) atoms. The maximum absolute atomic E-state index is 12.6. The molecule has 0 heterocycles. The molecule has 2 rings (SSSR count). The van der Waals surface area contributed by atoms with Crippen LogP contribution in [0.1, 0.15) is 10.8 Å². The average Bonchev–Trinajstić information content (AvgIpc) is 2.49. The second kappa shape index (κ2) is 5.88. The van der Waals surface area contributed by atoms with Crippen molar-refractivity contribution < 1.29 is 17.9 Å². The minimum absolute atomic E-state index is 0.0965. The predicted molar refractivity (Wildman–Crippen MR) is 74.8 cm³/mol. The van der Waals surface area contributed by atoms with Gasteiger partial charge in [0.05, 0.1) is 12.0 Å². The van der Waals surface area contributed by atoms with E-state index in [9.17, 15) is 13.2 Å². The van der Waals surface area contributed by atoms with E-state index < -0.39 is 21.1 Å². The molecule has 0 unspecified atom stereocenters. The molecule has 0 bridgehead atoms. The van der Waals surface area contributed by atoms with Crippen molar-refractivity contribution in [2.75, 3.05) is 7.11 Å². The van der Waals surface area contributed by atoms with E-state index in [0.29, 0.717) is 5.56 Å². The number of methoxy groups -OCH3 is 1. The Morgan fingerprint density at radius 2 is 1.45 bits per heavy atom. The first kappa shape index (κ1) is 14.3. The molecule has 0 saturated heterocycles. The zero-order valence-electron chi connectivity index (χ0n) is 10.9. The molecule has 0 fully saturated rings. The van der Waals surface area contributed by atoms with E-state index >= 15 is 0 Å². The Hall–Kier alpha value is -2.14. The lowest BCUT2D eigenvalue weighted by Crippen LogP contribution is -2.23. The summed E-state index contributed by atoms with van der Waals surface area (Å²) < 4.78 is 29.9. The van der Waals surface area contributed by atoms with Crippen LogP contribution in [-0.2, 0) is 19.4 Å². The van der Waals surface area contributed by atoms with Gasteiger partial charge in [0.2, 0.25) is 0 Å². The smallest absolute Gasteiger partial charge is 0.329 e. The molecule has 0 saturated carbocycles. The Labute approximate surface area is 117 Å². The molecule has 0 aliphatic carbocycles. The van der Waals surface area contributed by atoms with Gasteiger partial charge in [-0.3, -0.25) is 4.79 Å². The van der Waals surface area contributed by atoms with Crippen molar-refractivity contribution in [3.63, 3.8) is 0 Å². The minimum Gasteiger partial charge on any atom is -0.468 e. The summed E-state index contributed by atoms with van der Waals surface area (Å²) in [5.74, 6) is -0.792. The molecule has 2 aromatic carbocycles. The minimum atomic E-state index is -3.84. The quantitative estimate of drug-likeness (QED) is 0.811. The van der Waals surface area contributed by atoms with E-state index in [1.54, 1.807) is 48.5 Å². The van der Waals surface area contributed by atoms with Crippen LogP contribution in [0.25, 0.3) is 0 Å². The van der Waals surface area contributed by atoms with Crippen LogP contribution >= 0.6 is 0 Å². The number of hydrogen-bond donors (Lipinski definition) is 0. The molecule has 0 aliphatic heterocycles.